The summed E-state index contributed by atoms with van der Waals surface area (Å²) in [5, 5.41) is 57.3. The van der Waals surface area contributed by atoms with Crippen LogP contribution in [0.3, 0.4) is 0 Å². The van der Waals surface area contributed by atoms with Gasteiger partial charge in [0.15, 0.2) is 0 Å². The molecule has 102 heavy (non-hydrogen) atoms. The van der Waals surface area contributed by atoms with Gasteiger partial charge in [-0.3, -0.25) is 62.3 Å². The number of rotatable bonds is 39. The Kier molecular flexibility index (Phi) is 33.1. The van der Waals surface area contributed by atoms with E-state index in [1.165, 1.54) is 54.8 Å². The molecular weight excluding hydrogens is 1320 g/mol. The lowest BCUT2D eigenvalue weighted by atomic mass is 9.97. The Bertz CT molecular complexity index is 3360. The van der Waals surface area contributed by atoms with Gasteiger partial charge in [-0.15, -0.1) is 0 Å². The van der Waals surface area contributed by atoms with Crippen LogP contribution in [0.2, 0.25) is 0 Å². The van der Waals surface area contributed by atoms with E-state index in [2.05, 4.69) is 53.2 Å². The summed E-state index contributed by atoms with van der Waals surface area (Å²) in [7, 11) is 0. The third kappa shape index (κ3) is 25.7. The highest BCUT2D eigenvalue weighted by molar-refractivity contribution is 6.00. The van der Waals surface area contributed by atoms with E-state index in [-0.39, 0.29) is 87.8 Å². The molecule has 30 nitrogen and oxygen atoms in total. The number of phenols is 2. The molecule has 0 bridgehead atoms. The van der Waals surface area contributed by atoms with Gasteiger partial charge in [0.2, 0.25) is 76.8 Å². The minimum absolute atomic E-state index is 0.0534. The smallest absolute Gasteiger partial charge is 0.246 e. The molecule has 2 fully saturated rings. The predicted octanol–water partition coefficient (Wildman–Crippen LogP) is -0.240. The Hall–Kier alpha value is -9.71. The quantitative estimate of drug-likeness (QED) is 0.0328. The largest absolute Gasteiger partial charge is 0.508 e. The first-order valence-corrected chi connectivity index (χ1v) is 35.2. The third-order valence-electron chi connectivity index (χ3n) is 18.0. The number of nitrogens with two attached hydrogens (primary N) is 2. The zero-order valence-electron chi connectivity index (χ0n) is 59.9. The zero-order valence-corrected chi connectivity index (χ0v) is 59.9. The fraction of sp³-hybridized carbons (Fsp3) is 0.569. The maximum absolute atomic E-state index is 15.1. The average molecular weight is 1420 g/mol. The molecule has 3 aromatic carbocycles. The van der Waals surface area contributed by atoms with Crippen LogP contribution in [0.1, 0.15) is 143 Å². The summed E-state index contributed by atoms with van der Waals surface area (Å²) in [6, 6.07) is 5.33. The molecule has 17 N–H and O–H groups in total. The fourth-order valence-electron chi connectivity index (χ4n) is 12.2. The molecule has 0 spiro atoms. The number of primary amides is 1. The molecule has 13 amide bonds. The molecule has 2 heterocycles. The van der Waals surface area contributed by atoms with Gasteiger partial charge in [-0.1, -0.05) is 103 Å². The molecule has 2 aliphatic heterocycles. The highest BCUT2D eigenvalue weighted by Gasteiger charge is 2.43. The summed E-state index contributed by atoms with van der Waals surface area (Å²) in [5.74, 6) is -10.6. The van der Waals surface area contributed by atoms with Crippen molar-refractivity contribution in [1.82, 2.24) is 63.0 Å². The van der Waals surface area contributed by atoms with Crippen molar-refractivity contribution in [3.63, 3.8) is 0 Å². The number of aliphatic hydroxyl groups is 1. The molecule has 30 heteroatoms. The molecule has 13 atom stereocenters. The van der Waals surface area contributed by atoms with Crippen molar-refractivity contribution in [2.75, 3.05) is 26.2 Å². The second-order valence-corrected chi connectivity index (χ2v) is 27.4. The number of amides is 13. The van der Waals surface area contributed by atoms with Crippen LogP contribution < -0.4 is 64.6 Å². The molecule has 2 saturated heterocycles. The number of nitrogens with one attached hydrogen (secondary N) is 10. The Labute approximate surface area is 595 Å². The number of likely N-dealkylation sites (tertiary alicyclic amines) is 2. The number of carbonyl (C=O) groups is 13. The second kappa shape index (κ2) is 40.7. The van der Waals surface area contributed by atoms with Crippen molar-refractivity contribution in [3.05, 3.63) is 95.6 Å². The van der Waals surface area contributed by atoms with Crippen molar-refractivity contribution in [1.29, 1.82) is 0 Å². The summed E-state index contributed by atoms with van der Waals surface area (Å²) < 4.78 is 0. The van der Waals surface area contributed by atoms with Gasteiger partial charge in [-0.25, -0.2) is 0 Å². The number of nitrogens with zero attached hydrogens (tertiary/aromatic N) is 2. The normalized spacial score (nSPS) is 17.5. The molecule has 0 saturated carbocycles. The molecule has 0 radical (unpaired) electrons. The molecule has 2 aliphatic rings. The maximum atomic E-state index is 15.1. The highest BCUT2D eigenvalue weighted by atomic mass is 16.3. The second-order valence-electron chi connectivity index (χ2n) is 27.4. The van der Waals surface area contributed by atoms with Crippen LogP contribution >= 0.6 is 0 Å². The van der Waals surface area contributed by atoms with E-state index in [1.807, 2.05) is 27.7 Å². The predicted molar refractivity (Wildman–Crippen MR) is 377 cm³/mol. The van der Waals surface area contributed by atoms with Crippen molar-refractivity contribution >= 4 is 76.8 Å². The summed E-state index contributed by atoms with van der Waals surface area (Å²) >= 11 is 0. The van der Waals surface area contributed by atoms with Gasteiger partial charge in [0.05, 0.1) is 6.61 Å². The Balaban J connectivity index is 1.38. The van der Waals surface area contributed by atoms with Crippen LogP contribution in [-0.2, 0) is 81.6 Å². The standard InChI is InChI=1S/C72H106N14O16/c1-10-42(6)60(70(100)83-57(39-87)67(97)76-44(8)63(93)77-51(61(74)91)20-14-15-31-73)84-69(99)59-22-17-33-86(59)71(101)55(35-41(4)5)81-66(96)53(36-46-18-12-11-13-19-46)79-65(95)54(37-47-23-27-49(89)28-24-47)80-68(98)58-21-16-32-85(58)72(102)56(38-48-25-29-50(90)30-26-48)82-64(94)52(34-40(2)3)78-62(92)43(7)75-45(9)88/h11-13,18-19,23-30,40-44,51-60,87,89-90H,10,14-17,20-22,31-39,73H2,1-9H3,(H2,74,91)(H,75,88)(H,76,97)(H,77,93)(H,78,92)(H,79,95)(H,80,98)(H,81,96)(H,82,94)(H,83,100)(H,84,99)/t42-,43-,44-,51-,52-,53-,54-,55-,56-,57-,58-,59-,60-/m0/s1. The molecule has 560 valence electrons. The van der Waals surface area contributed by atoms with E-state index >= 15 is 9.59 Å². The first kappa shape index (κ1) is 83.0. The monoisotopic (exact) mass is 1420 g/mol. The minimum Gasteiger partial charge on any atom is -0.508 e. The van der Waals surface area contributed by atoms with E-state index in [4.69, 9.17) is 11.5 Å². The molecule has 0 aromatic heterocycles. The van der Waals surface area contributed by atoms with Crippen molar-refractivity contribution in [3.8, 4) is 11.5 Å². The topological polar surface area (TPSA) is 461 Å². The average Bonchev–Trinajstić information content (AvgIpc) is 1.52. The van der Waals surface area contributed by atoms with Crippen LogP contribution in [0, 0.1) is 17.8 Å². The number of aromatic hydroxyl groups is 2. The van der Waals surface area contributed by atoms with E-state index in [0.717, 1.165) is 0 Å². The maximum Gasteiger partial charge on any atom is 0.246 e. The number of unbranched alkanes of at least 4 members (excludes halogenated alkanes) is 1. The fourth-order valence-corrected chi connectivity index (χ4v) is 12.2. The minimum atomic E-state index is -1.60. The molecule has 5 rings (SSSR count). The molecule has 0 aliphatic carbocycles. The Morgan fingerprint density at radius 1 is 0.471 bits per heavy atom. The number of benzene rings is 3. The number of aliphatic hydroxyl groups excluding tert-OH is 1. The van der Waals surface area contributed by atoms with Gasteiger partial charge in [-0.2, -0.15) is 0 Å². The van der Waals surface area contributed by atoms with Crippen molar-refractivity contribution in [2.45, 2.75) is 218 Å². The number of carbonyl (C=O) groups excluding carboxylic acids is 13. The lowest BCUT2D eigenvalue weighted by Gasteiger charge is -2.32. The van der Waals surface area contributed by atoms with Gasteiger partial charge >= 0.3 is 0 Å². The number of hydrogen-bond acceptors (Lipinski definition) is 17. The van der Waals surface area contributed by atoms with Crippen LogP contribution in [0.25, 0.3) is 0 Å². The summed E-state index contributed by atoms with van der Waals surface area (Å²) in [6.45, 7) is 14.4. The Morgan fingerprint density at radius 2 is 0.882 bits per heavy atom. The summed E-state index contributed by atoms with van der Waals surface area (Å²) in [4.78, 5) is 184. The first-order valence-electron chi connectivity index (χ1n) is 35.2. The van der Waals surface area contributed by atoms with Gasteiger partial charge in [-0.05, 0) is 137 Å². The van der Waals surface area contributed by atoms with E-state index in [1.54, 1.807) is 68.4 Å². The molecular formula is C72H106N14O16. The van der Waals surface area contributed by atoms with Crippen LogP contribution in [0.4, 0.5) is 0 Å². The van der Waals surface area contributed by atoms with Gasteiger partial charge in [0, 0.05) is 39.3 Å². The summed E-state index contributed by atoms with van der Waals surface area (Å²) in [5.41, 5.74) is 12.6. The Morgan fingerprint density at radius 3 is 1.37 bits per heavy atom. The lowest BCUT2D eigenvalue weighted by Crippen LogP contribution is -2.61. The number of phenolic OH excluding ortho intramolecular Hbond substituents is 2. The zero-order chi connectivity index (χ0) is 75.5. The van der Waals surface area contributed by atoms with Crippen LogP contribution in [0.15, 0.2) is 78.9 Å². The molecule has 0 unspecified atom stereocenters. The summed E-state index contributed by atoms with van der Waals surface area (Å²) in [6.07, 6.45) is 2.39. The van der Waals surface area contributed by atoms with Gasteiger partial charge in [0.1, 0.15) is 84.0 Å². The lowest BCUT2D eigenvalue weighted by molar-refractivity contribution is -0.143. The van der Waals surface area contributed by atoms with E-state index in [0.29, 0.717) is 55.3 Å². The highest BCUT2D eigenvalue weighted by Crippen LogP contribution is 2.25. The first-order chi connectivity index (χ1) is 48.3. The van der Waals surface area contributed by atoms with Crippen LogP contribution in [0.5, 0.6) is 11.5 Å². The van der Waals surface area contributed by atoms with Crippen molar-refractivity contribution in [2.24, 2.45) is 29.2 Å². The molecule has 3 aromatic rings. The van der Waals surface area contributed by atoms with E-state index in [9.17, 15) is 68.1 Å². The van der Waals surface area contributed by atoms with Gasteiger partial charge in [0.25, 0.3) is 0 Å². The third-order valence-corrected chi connectivity index (χ3v) is 18.0. The van der Waals surface area contributed by atoms with E-state index < -0.39 is 162 Å². The SMILES string of the molecule is CC[C@H](C)[C@H](NC(=O)[C@@H]1CCCN1C(=O)[C@H](CC(C)C)NC(=O)[C@H](Cc1ccccc1)NC(=O)[C@H](Cc1ccc(O)cc1)NC(=O)[C@@H]1CCCN1C(=O)[C@H](Cc1ccc(O)cc1)NC(=O)[C@H](CC(C)C)NC(=O)[C@H](C)NC(C)=O)C(=O)N[C@@H](CO)C(=O)N[C@@H](C)C(=O)N[C@@H](CCCCN)C(N)=O. The van der Waals surface area contributed by atoms with Gasteiger partial charge < -0.3 is 89.8 Å². The van der Waals surface area contributed by atoms with Crippen LogP contribution in [-0.4, -0.2) is 201 Å². The number of hydrogen-bond donors (Lipinski definition) is 15. The van der Waals surface area contributed by atoms with Crippen molar-refractivity contribution < 1.29 is 77.6 Å².